The van der Waals surface area contributed by atoms with Crippen molar-refractivity contribution in [2.24, 2.45) is 0 Å². The van der Waals surface area contributed by atoms with E-state index in [1.54, 1.807) is 0 Å². The van der Waals surface area contributed by atoms with E-state index in [2.05, 4.69) is 4.98 Å². The topological polar surface area (TPSA) is 56.0 Å². The summed E-state index contributed by atoms with van der Waals surface area (Å²) < 4.78 is 13.2. The third kappa shape index (κ3) is 2.26. The van der Waals surface area contributed by atoms with Crippen LogP contribution in [-0.2, 0) is 0 Å². The number of pyridine rings is 1. The van der Waals surface area contributed by atoms with Crippen LogP contribution in [0.3, 0.4) is 0 Å². The zero-order chi connectivity index (χ0) is 10.7. The molecule has 0 amide bonds. The molecule has 0 bridgehead atoms. The van der Waals surface area contributed by atoms with Gasteiger partial charge in [-0.25, -0.2) is 9.37 Å². The van der Waals surface area contributed by atoms with E-state index in [1.165, 1.54) is 19.2 Å². The highest BCUT2D eigenvalue weighted by atomic mass is 35.5. The van der Waals surface area contributed by atoms with Crippen molar-refractivity contribution in [1.82, 2.24) is 4.98 Å². The van der Waals surface area contributed by atoms with Crippen molar-refractivity contribution >= 4 is 17.2 Å². The molecule has 0 spiro atoms. The van der Waals surface area contributed by atoms with Gasteiger partial charge in [0, 0.05) is 17.3 Å². The third-order valence-electron chi connectivity index (χ3n) is 1.57. The minimum Gasteiger partial charge on any atom is -0.259 e. The SMILES string of the molecule is C/C(=C\[N+](=O)[O-])c1ccnc(Cl)c1F. The highest BCUT2D eigenvalue weighted by molar-refractivity contribution is 6.29. The molecule has 0 aliphatic rings. The molecule has 0 saturated heterocycles. The molecule has 14 heavy (non-hydrogen) atoms. The summed E-state index contributed by atoms with van der Waals surface area (Å²) in [5, 5.41) is 9.84. The van der Waals surface area contributed by atoms with Gasteiger partial charge in [-0.2, -0.15) is 0 Å². The molecule has 0 atom stereocenters. The summed E-state index contributed by atoms with van der Waals surface area (Å²) >= 11 is 5.41. The van der Waals surface area contributed by atoms with Gasteiger partial charge in [-0.15, -0.1) is 0 Å². The van der Waals surface area contributed by atoms with Gasteiger partial charge in [0.15, 0.2) is 11.0 Å². The summed E-state index contributed by atoms with van der Waals surface area (Å²) in [6.07, 6.45) is 2.01. The van der Waals surface area contributed by atoms with Crippen molar-refractivity contribution in [1.29, 1.82) is 0 Å². The van der Waals surface area contributed by atoms with Gasteiger partial charge in [-0.1, -0.05) is 11.6 Å². The number of allylic oxidation sites excluding steroid dienone is 1. The Bertz CT molecular complexity index is 406. The normalized spacial score (nSPS) is 11.5. The molecule has 0 aromatic carbocycles. The summed E-state index contributed by atoms with van der Waals surface area (Å²) in [6, 6.07) is 1.33. The largest absolute Gasteiger partial charge is 0.259 e. The van der Waals surface area contributed by atoms with Gasteiger partial charge in [0.25, 0.3) is 0 Å². The Morgan fingerprint density at radius 2 is 2.43 bits per heavy atom. The lowest BCUT2D eigenvalue weighted by Crippen LogP contribution is -1.93. The van der Waals surface area contributed by atoms with Gasteiger partial charge in [0.1, 0.15) is 0 Å². The Morgan fingerprint density at radius 3 is 3.00 bits per heavy atom. The summed E-state index contributed by atoms with van der Waals surface area (Å²) in [6.45, 7) is 1.43. The van der Waals surface area contributed by atoms with Gasteiger partial charge in [0.05, 0.1) is 4.92 Å². The molecule has 0 saturated carbocycles. The van der Waals surface area contributed by atoms with Crippen LogP contribution in [0.1, 0.15) is 12.5 Å². The fourth-order valence-electron chi connectivity index (χ4n) is 0.950. The smallest absolute Gasteiger partial charge is 0.238 e. The first-order valence-electron chi connectivity index (χ1n) is 3.64. The highest BCUT2D eigenvalue weighted by Gasteiger charge is 2.10. The summed E-state index contributed by atoms with van der Waals surface area (Å²) in [5.41, 5.74) is 0.276. The molecule has 1 heterocycles. The molecule has 0 fully saturated rings. The Hall–Kier alpha value is -1.49. The Balaban J connectivity index is 3.20. The van der Waals surface area contributed by atoms with Crippen LogP contribution in [0.5, 0.6) is 0 Å². The second-order valence-electron chi connectivity index (χ2n) is 2.56. The van der Waals surface area contributed by atoms with E-state index >= 15 is 0 Å². The van der Waals surface area contributed by atoms with Crippen LogP contribution in [-0.4, -0.2) is 9.91 Å². The second kappa shape index (κ2) is 4.15. The molecular weight excluding hydrogens is 211 g/mol. The van der Waals surface area contributed by atoms with Crippen molar-refractivity contribution in [3.63, 3.8) is 0 Å². The lowest BCUT2D eigenvalue weighted by Gasteiger charge is -2.00. The van der Waals surface area contributed by atoms with E-state index in [9.17, 15) is 14.5 Å². The number of nitrogens with zero attached hydrogens (tertiary/aromatic N) is 2. The molecule has 6 heteroatoms. The maximum atomic E-state index is 13.2. The molecule has 0 aliphatic carbocycles. The molecule has 1 aromatic rings. The zero-order valence-corrected chi connectivity index (χ0v) is 7.95. The number of nitro groups is 1. The van der Waals surface area contributed by atoms with E-state index in [0.29, 0.717) is 0 Å². The van der Waals surface area contributed by atoms with Crippen LogP contribution in [0.25, 0.3) is 5.57 Å². The maximum Gasteiger partial charge on any atom is 0.238 e. The maximum absolute atomic E-state index is 13.2. The van der Waals surface area contributed by atoms with Gasteiger partial charge in [-0.05, 0) is 13.0 Å². The predicted molar refractivity (Wildman–Crippen MR) is 49.9 cm³/mol. The molecular formula is C8H6ClFN2O2. The van der Waals surface area contributed by atoms with E-state index in [0.717, 1.165) is 6.20 Å². The summed E-state index contributed by atoms with van der Waals surface area (Å²) in [4.78, 5) is 13.0. The summed E-state index contributed by atoms with van der Waals surface area (Å²) in [5.74, 6) is -0.746. The zero-order valence-electron chi connectivity index (χ0n) is 7.20. The molecule has 74 valence electrons. The number of hydrogen-bond donors (Lipinski definition) is 0. The molecule has 4 nitrogen and oxygen atoms in total. The van der Waals surface area contributed by atoms with Crippen molar-refractivity contribution in [2.45, 2.75) is 6.92 Å². The predicted octanol–water partition coefficient (Wildman–Crippen LogP) is 2.51. The van der Waals surface area contributed by atoms with Gasteiger partial charge < -0.3 is 0 Å². The van der Waals surface area contributed by atoms with E-state index in [-0.39, 0.29) is 16.3 Å². The van der Waals surface area contributed by atoms with Gasteiger partial charge >= 0.3 is 0 Å². The second-order valence-corrected chi connectivity index (χ2v) is 2.92. The lowest BCUT2D eigenvalue weighted by atomic mass is 10.1. The van der Waals surface area contributed by atoms with Crippen LogP contribution in [0, 0.1) is 15.9 Å². The number of hydrogen-bond acceptors (Lipinski definition) is 3. The van der Waals surface area contributed by atoms with Gasteiger partial charge in [-0.3, -0.25) is 10.1 Å². The molecule has 0 N–H and O–H groups in total. The molecule has 0 aliphatic heterocycles. The van der Waals surface area contributed by atoms with Crippen molar-refractivity contribution in [3.8, 4) is 0 Å². The average Bonchev–Trinajstić information content (AvgIpc) is 2.08. The molecule has 0 unspecified atom stereocenters. The quantitative estimate of drug-likeness (QED) is 0.434. The van der Waals surface area contributed by atoms with Crippen LogP contribution in [0.2, 0.25) is 5.15 Å². The molecule has 0 radical (unpaired) electrons. The highest BCUT2D eigenvalue weighted by Crippen LogP contribution is 2.21. The minimum atomic E-state index is -0.746. The van der Waals surface area contributed by atoms with Crippen LogP contribution in [0.4, 0.5) is 4.39 Å². The Kier molecular flexibility index (Phi) is 3.14. The van der Waals surface area contributed by atoms with Crippen LogP contribution in [0.15, 0.2) is 18.5 Å². The third-order valence-corrected chi connectivity index (χ3v) is 1.83. The fraction of sp³-hybridized carbons (Fsp3) is 0.125. The Labute approximate surface area is 84.2 Å². The van der Waals surface area contributed by atoms with E-state index < -0.39 is 10.7 Å². The molecule has 1 aromatic heterocycles. The standard InChI is InChI=1S/C8H6ClFN2O2/c1-5(4-12(13)14)6-2-3-11-8(9)7(6)10/h2-4H,1H3/b5-4+. The monoisotopic (exact) mass is 216 g/mol. The van der Waals surface area contributed by atoms with Crippen molar-refractivity contribution in [2.75, 3.05) is 0 Å². The van der Waals surface area contributed by atoms with E-state index in [1.807, 2.05) is 0 Å². The number of aromatic nitrogens is 1. The van der Waals surface area contributed by atoms with Crippen LogP contribution < -0.4 is 0 Å². The first kappa shape index (κ1) is 10.6. The minimum absolute atomic E-state index is 0.0849. The summed E-state index contributed by atoms with van der Waals surface area (Å²) in [7, 11) is 0. The fourth-order valence-corrected chi connectivity index (χ4v) is 1.11. The number of rotatable bonds is 2. The Morgan fingerprint density at radius 1 is 1.79 bits per heavy atom. The van der Waals surface area contributed by atoms with E-state index in [4.69, 9.17) is 11.6 Å². The van der Waals surface area contributed by atoms with Crippen molar-refractivity contribution in [3.05, 3.63) is 45.1 Å². The first-order valence-corrected chi connectivity index (χ1v) is 4.02. The van der Waals surface area contributed by atoms with Crippen LogP contribution >= 0.6 is 11.6 Å². The van der Waals surface area contributed by atoms with Gasteiger partial charge in [0.2, 0.25) is 6.20 Å². The average molecular weight is 217 g/mol. The number of halogens is 2. The van der Waals surface area contributed by atoms with Crippen molar-refractivity contribution < 1.29 is 9.31 Å². The first-order chi connectivity index (χ1) is 6.52. The lowest BCUT2D eigenvalue weighted by molar-refractivity contribution is -0.401. The molecule has 1 rings (SSSR count).